The molecule has 3 heterocycles. The molecule has 5 nitrogen and oxygen atoms in total. The summed E-state index contributed by atoms with van der Waals surface area (Å²) in [6, 6.07) is 19.3. The molecule has 3 aromatic rings. The molecule has 1 atom stereocenters. The number of para-hydroxylation sites is 1. The quantitative estimate of drug-likeness (QED) is 0.578. The number of hydrazine groups is 1. The summed E-state index contributed by atoms with van der Waals surface area (Å²) >= 11 is 0. The van der Waals surface area contributed by atoms with Crippen LogP contribution in [0.5, 0.6) is 0 Å². The van der Waals surface area contributed by atoms with Crippen LogP contribution in [0, 0.1) is 5.41 Å². The lowest BCUT2D eigenvalue weighted by Gasteiger charge is -2.46. The number of rotatable bonds is 2. The Hall–Kier alpha value is -3.28. The van der Waals surface area contributed by atoms with E-state index in [9.17, 15) is 0 Å². The molecule has 0 unspecified atom stereocenters. The average molecular weight is 423 g/mol. The minimum atomic E-state index is 0.0266. The Balaban J connectivity index is 1.73. The number of nitrogens with zero attached hydrogens (tertiary/aromatic N) is 5. The van der Waals surface area contributed by atoms with Crippen molar-refractivity contribution in [3.05, 3.63) is 77.4 Å². The zero-order valence-corrected chi connectivity index (χ0v) is 19.7. The molecule has 0 fully saturated rings. The molecule has 2 aliphatic heterocycles. The van der Waals surface area contributed by atoms with Crippen LogP contribution in [0.15, 0.2) is 67.0 Å². The highest BCUT2D eigenvalue weighted by atomic mass is 15.7. The number of benzene rings is 2. The lowest BCUT2D eigenvalue weighted by molar-refractivity contribution is 0.469. The Morgan fingerprint density at radius 1 is 0.844 bits per heavy atom. The van der Waals surface area contributed by atoms with Gasteiger partial charge in [0.2, 0.25) is 0 Å². The van der Waals surface area contributed by atoms with E-state index in [0.29, 0.717) is 0 Å². The van der Waals surface area contributed by atoms with Crippen LogP contribution in [-0.2, 0) is 0 Å². The van der Waals surface area contributed by atoms with Gasteiger partial charge in [-0.2, -0.15) is 0 Å². The molecule has 0 N–H and O–H groups in total. The maximum absolute atomic E-state index is 4.81. The second-order valence-corrected chi connectivity index (χ2v) is 9.70. The smallest absolute Gasteiger partial charge is 0.307 e. The van der Waals surface area contributed by atoms with Crippen molar-refractivity contribution in [2.75, 3.05) is 9.91 Å². The van der Waals surface area contributed by atoms with Gasteiger partial charge in [0, 0.05) is 29.0 Å². The van der Waals surface area contributed by atoms with Crippen molar-refractivity contribution >= 4 is 35.3 Å². The van der Waals surface area contributed by atoms with Crippen molar-refractivity contribution in [1.82, 2.24) is 14.9 Å². The number of hydrogen-bond donors (Lipinski definition) is 0. The molecule has 0 saturated heterocycles. The number of hydrogen-bond acceptors (Lipinski definition) is 5. The van der Waals surface area contributed by atoms with Gasteiger partial charge in [0.1, 0.15) is 6.17 Å². The third-order valence-corrected chi connectivity index (χ3v) is 6.64. The van der Waals surface area contributed by atoms with Gasteiger partial charge in [-0.05, 0) is 36.6 Å². The van der Waals surface area contributed by atoms with Gasteiger partial charge in [-0.15, -0.1) is 0 Å². The zero-order chi connectivity index (χ0) is 22.6. The first-order valence-electron chi connectivity index (χ1n) is 11.3. The van der Waals surface area contributed by atoms with E-state index in [4.69, 9.17) is 9.97 Å². The first-order chi connectivity index (χ1) is 15.3. The van der Waals surface area contributed by atoms with E-state index in [1.54, 1.807) is 12.4 Å². The van der Waals surface area contributed by atoms with Crippen molar-refractivity contribution in [2.24, 2.45) is 5.41 Å². The highest BCUT2D eigenvalue weighted by Crippen LogP contribution is 2.44. The van der Waals surface area contributed by atoms with Gasteiger partial charge < -0.3 is 9.82 Å². The van der Waals surface area contributed by atoms with Gasteiger partial charge >= 0.3 is 6.85 Å². The molecule has 162 valence electrons. The van der Waals surface area contributed by atoms with E-state index in [1.165, 1.54) is 21.6 Å². The number of aromatic nitrogens is 2. The van der Waals surface area contributed by atoms with Gasteiger partial charge in [0.15, 0.2) is 11.6 Å². The van der Waals surface area contributed by atoms with E-state index >= 15 is 0 Å². The van der Waals surface area contributed by atoms with Crippen LogP contribution in [0.25, 0.3) is 11.2 Å². The van der Waals surface area contributed by atoms with Gasteiger partial charge in [-0.3, -0.25) is 5.01 Å². The third kappa shape index (κ3) is 3.00. The van der Waals surface area contributed by atoms with Crippen LogP contribution in [0.4, 0.5) is 17.3 Å². The van der Waals surface area contributed by atoms with Gasteiger partial charge in [0.05, 0.1) is 0 Å². The van der Waals surface area contributed by atoms with E-state index in [1.807, 2.05) is 6.07 Å². The molecule has 32 heavy (non-hydrogen) atoms. The normalized spacial score (nSPS) is 18.2. The van der Waals surface area contributed by atoms with E-state index in [0.717, 1.165) is 17.3 Å². The highest BCUT2D eigenvalue weighted by Gasteiger charge is 2.45. The van der Waals surface area contributed by atoms with E-state index in [-0.39, 0.29) is 18.4 Å². The molecule has 0 aliphatic carbocycles. The van der Waals surface area contributed by atoms with Gasteiger partial charge in [-0.1, -0.05) is 75.5 Å². The standard InChI is InChI=1S/C26H30BN5/c1-18-21-14-10-11-15-22(21)23(26(3,4)5)27(6)32(18)31-19(2)30(20-12-8-7-9-13-20)24-25(31)29-17-16-28-24/h7-17,19H,1-6H3/t19-/m0/s1. The van der Waals surface area contributed by atoms with Crippen molar-refractivity contribution < 1.29 is 0 Å². The van der Waals surface area contributed by atoms with Crippen molar-refractivity contribution in [1.29, 1.82) is 0 Å². The molecule has 0 bridgehead atoms. The van der Waals surface area contributed by atoms with E-state index < -0.39 is 0 Å². The molecular weight excluding hydrogens is 393 g/mol. The number of fused-ring (bicyclic) bond motifs is 2. The minimum absolute atomic E-state index is 0.0266. The molecule has 0 saturated carbocycles. The van der Waals surface area contributed by atoms with Crippen LogP contribution in [0.1, 0.15) is 34.6 Å². The molecule has 1 aromatic heterocycles. The molecular formula is C26H30BN5. The second kappa shape index (κ2) is 7.40. The van der Waals surface area contributed by atoms with Crippen LogP contribution in [0.3, 0.4) is 0 Å². The van der Waals surface area contributed by atoms with Crippen LogP contribution in [-0.4, -0.2) is 27.9 Å². The van der Waals surface area contributed by atoms with Crippen molar-refractivity contribution in [3.8, 4) is 0 Å². The fourth-order valence-electron chi connectivity index (χ4n) is 5.50. The van der Waals surface area contributed by atoms with Crippen LogP contribution >= 0.6 is 0 Å². The summed E-state index contributed by atoms with van der Waals surface area (Å²) in [6.45, 7) is 13.9. The monoisotopic (exact) mass is 423 g/mol. The number of anilines is 3. The summed E-state index contributed by atoms with van der Waals surface area (Å²) < 4.78 is 0. The fourth-order valence-corrected chi connectivity index (χ4v) is 5.50. The Labute approximate surface area is 190 Å². The topological polar surface area (TPSA) is 35.5 Å². The summed E-state index contributed by atoms with van der Waals surface area (Å²) in [5.74, 6) is 1.78. The van der Waals surface area contributed by atoms with Crippen molar-refractivity contribution in [2.45, 2.75) is 47.6 Å². The third-order valence-electron chi connectivity index (χ3n) is 6.64. The SMILES string of the molecule is CB1C(C(C)(C)C)=c2ccccc2=C(C)N1N1c2nccnc2N(c2ccccc2)[C@@H]1C. The first kappa shape index (κ1) is 20.6. The summed E-state index contributed by atoms with van der Waals surface area (Å²) in [7, 11) is 0. The maximum Gasteiger partial charge on any atom is 0.307 e. The van der Waals surface area contributed by atoms with Gasteiger partial charge in [-0.25, -0.2) is 9.97 Å². The van der Waals surface area contributed by atoms with Crippen LogP contribution in [0.2, 0.25) is 6.82 Å². The molecule has 0 spiro atoms. The summed E-state index contributed by atoms with van der Waals surface area (Å²) in [6.07, 6.45) is 3.60. The Morgan fingerprint density at radius 3 is 2.09 bits per heavy atom. The van der Waals surface area contributed by atoms with E-state index in [2.05, 4.69) is 105 Å². The minimum Gasteiger partial charge on any atom is -0.325 e. The average Bonchev–Trinajstić information content (AvgIpc) is 3.05. The molecule has 6 heteroatoms. The molecule has 2 aliphatic rings. The highest BCUT2D eigenvalue weighted by molar-refractivity contribution is 6.75. The summed E-state index contributed by atoms with van der Waals surface area (Å²) in [4.78, 5) is 14.3. The molecule has 0 amide bonds. The summed E-state index contributed by atoms with van der Waals surface area (Å²) in [5, 5.41) is 4.97. The Kier molecular flexibility index (Phi) is 4.77. The Morgan fingerprint density at radius 2 is 1.44 bits per heavy atom. The van der Waals surface area contributed by atoms with Crippen LogP contribution < -0.4 is 20.3 Å². The Bertz CT molecular complexity index is 1280. The zero-order valence-electron chi connectivity index (χ0n) is 19.7. The second-order valence-electron chi connectivity index (χ2n) is 9.70. The van der Waals surface area contributed by atoms with Crippen molar-refractivity contribution in [3.63, 3.8) is 0 Å². The molecule has 2 aromatic carbocycles. The molecule has 0 radical (unpaired) electrons. The lowest BCUT2D eigenvalue weighted by Crippen LogP contribution is -2.61. The first-order valence-corrected chi connectivity index (χ1v) is 11.3. The summed E-state index contributed by atoms with van der Waals surface area (Å²) in [5.41, 5.74) is 3.82. The lowest BCUT2D eigenvalue weighted by atomic mass is 9.48. The maximum atomic E-state index is 4.81. The largest absolute Gasteiger partial charge is 0.325 e. The fraction of sp³-hybridized carbons (Fsp3) is 0.308. The predicted octanol–water partition coefficient (Wildman–Crippen LogP) is 4.20. The molecule has 5 rings (SSSR count). The predicted molar refractivity (Wildman–Crippen MR) is 134 cm³/mol. The van der Waals surface area contributed by atoms with Gasteiger partial charge in [0.25, 0.3) is 0 Å².